The quantitative estimate of drug-likeness (QED) is 0.718. The summed E-state index contributed by atoms with van der Waals surface area (Å²) in [6.45, 7) is 4.55. The van der Waals surface area contributed by atoms with Gasteiger partial charge in [-0.3, -0.25) is 4.90 Å². The van der Waals surface area contributed by atoms with Crippen LogP contribution >= 0.6 is 0 Å². The van der Waals surface area contributed by atoms with Gasteiger partial charge in [0.25, 0.3) is 0 Å². The van der Waals surface area contributed by atoms with E-state index in [1.54, 1.807) is 12.4 Å². The van der Waals surface area contributed by atoms with Crippen LogP contribution in [-0.4, -0.2) is 56.0 Å². The van der Waals surface area contributed by atoms with Crippen molar-refractivity contribution in [3.63, 3.8) is 0 Å². The number of para-hydroxylation sites is 1. The molecule has 1 aliphatic rings. The fraction of sp³-hybridized carbons (Fsp3) is 0.333. The van der Waals surface area contributed by atoms with E-state index in [9.17, 15) is 0 Å². The van der Waals surface area contributed by atoms with E-state index in [1.807, 2.05) is 28.9 Å². The van der Waals surface area contributed by atoms with Crippen LogP contribution in [0.2, 0.25) is 0 Å². The molecule has 0 unspecified atom stereocenters. The third-order valence-corrected chi connectivity index (χ3v) is 3.96. The molecule has 112 valence electrons. The van der Waals surface area contributed by atoms with Gasteiger partial charge in [-0.25, -0.2) is 14.6 Å². The molecular weight excluding hydrogens is 278 g/mol. The molecule has 22 heavy (non-hydrogen) atoms. The summed E-state index contributed by atoms with van der Waals surface area (Å²) in [5.74, 6) is 0.813. The summed E-state index contributed by atoms with van der Waals surface area (Å²) >= 11 is 0. The number of piperazine rings is 1. The molecule has 3 aromatic rings. The van der Waals surface area contributed by atoms with E-state index >= 15 is 0 Å². The number of hydrogen-bond donors (Lipinski definition) is 0. The molecular formula is C15H17N7. The third-order valence-electron chi connectivity index (χ3n) is 3.96. The highest BCUT2D eigenvalue weighted by molar-refractivity contribution is 5.73. The van der Waals surface area contributed by atoms with Crippen LogP contribution in [0.3, 0.4) is 0 Å². The van der Waals surface area contributed by atoms with Gasteiger partial charge in [-0.1, -0.05) is 17.3 Å². The van der Waals surface area contributed by atoms with E-state index in [0.29, 0.717) is 0 Å². The molecule has 1 aromatic carbocycles. The number of hydrogen-bond acceptors (Lipinski definition) is 6. The van der Waals surface area contributed by atoms with Crippen LogP contribution in [0.15, 0.2) is 42.7 Å². The van der Waals surface area contributed by atoms with E-state index in [0.717, 1.165) is 49.8 Å². The fourth-order valence-electron chi connectivity index (χ4n) is 2.76. The minimum Gasteiger partial charge on any atom is -0.338 e. The number of fused-ring (bicyclic) bond motifs is 1. The van der Waals surface area contributed by atoms with Gasteiger partial charge in [0.05, 0.1) is 12.2 Å². The van der Waals surface area contributed by atoms with Gasteiger partial charge >= 0.3 is 0 Å². The number of anilines is 1. The van der Waals surface area contributed by atoms with Gasteiger partial charge in [0.2, 0.25) is 5.95 Å². The van der Waals surface area contributed by atoms with Crippen LogP contribution in [0.5, 0.6) is 0 Å². The smallest absolute Gasteiger partial charge is 0.225 e. The van der Waals surface area contributed by atoms with Crippen molar-refractivity contribution in [3.8, 4) is 0 Å². The van der Waals surface area contributed by atoms with Gasteiger partial charge < -0.3 is 4.90 Å². The molecule has 0 spiro atoms. The number of nitrogens with zero attached hydrogens (tertiary/aromatic N) is 7. The molecule has 0 radical (unpaired) electrons. The van der Waals surface area contributed by atoms with Gasteiger partial charge in [0.15, 0.2) is 0 Å². The minimum absolute atomic E-state index is 0.768. The minimum atomic E-state index is 0.768. The van der Waals surface area contributed by atoms with Gasteiger partial charge in [-0.05, 0) is 18.2 Å². The molecule has 0 aliphatic carbocycles. The zero-order chi connectivity index (χ0) is 14.8. The van der Waals surface area contributed by atoms with E-state index in [2.05, 4.69) is 36.1 Å². The van der Waals surface area contributed by atoms with E-state index in [4.69, 9.17) is 0 Å². The van der Waals surface area contributed by atoms with Crippen molar-refractivity contribution < 1.29 is 0 Å². The largest absolute Gasteiger partial charge is 0.338 e. The van der Waals surface area contributed by atoms with Crippen molar-refractivity contribution in [2.45, 2.75) is 6.67 Å². The zero-order valence-corrected chi connectivity index (χ0v) is 12.2. The number of rotatable bonds is 3. The summed E-state index contributed by atoms with van der Waals surface area (Å²) in [5.41, 5.74) is 2.02. The van der Waals surface area contributed by atoms with Crippen LogP contribution in [0.1, 0.15) is 0 Å². The Morgan fingerprint density at radius 1 is 0.909 bits per heavy atom. The highest BCUT2D eigenvalue weighted by Gasteiger charge is 2.19. The van der Waals surface area contributed by atoms with E-state index in [-0.39, 0.29) is 0 Å². The molecule has 1 saturated heterocycles. The molecule has 7 nitrogen and oxygen atoms in total. The number of aromatic nitrogens is 5. The summed E-state index contributed by atoms with van der Waals surface area (Å²) in [5, 5.41) is 8.46. The lowest BCUT2D eigenvalue weighted by molar-refractivity contribution is 0.197. The average molecular weight is 295 g/mol. The predicted octanol–water partition coefficient (Wildman–Crippen LogP) is 1.00. The molecule has 0 N–H and O–H groups in total. The second-order valence-electron chi connectivity index (χ2n) is 5.37. The number of benzene rings is 1. The molecule has 2 aromatic heterocycles. The van der Waals surface area contributed by atoms with Gasteiger partial charge in [-0.2, -0.15) is 0 Å². The summed E-state index contributed by atoms with van der Waals surface area (Å²) in [6, 6.07) is 9.90. The molecule has 4 rings (SSSR count). The van der Waals surface area contributed by atoms with Crippen molar-refractivity contribution in [2.24, 2.45) is 0 Å². The topological polar surface area (TPSA) is 63.0 Å². The average Bonchev–Trinajstić information content (AvgIpc) is 3.00. The standard InChI is InChI=1S/C15H17N7/c1-2-5-14-13(4-1)18-19-22(14)12-20-8-10-21(11-9-20)15-16-6-3-7-17-15/h1-7H,8-12H2. The van der Waals surface area contributed by atoms with Crippen molar-refractivity contribution in [2.75, 3.05) is 31.1 Å². The first-order valence-electron chi connectivity index (χ1n) is 7.43. The van der Waals surface area contributed by atoms with Crippen molar-refractivity contribution in [1.82, 2.24) is 29.9 Å². The monoisotopic (exact) mass is 295 g/mol. The molecule has 3 heterocycles. The Morgan fingerprint density at radius 2 is 1.68 bits per heavy atom. The maximum absolute atomic E-state index is 4.31. The van der Waals surface area contributed by atoms with Crippen molar-refractivity contribution in [3.05, 3.63) is 42.7 Å². The maximum Gasteiger partial charge on any atom is 0.225 e. The molecule has 7 heteroatoms. The highest BCUT2D eigenvalue weighted by Crippen LogP contribution is 2.13. The van der Waals surface area contributed by atoms with Crippen LogP contribution in [0.4, 0.5) is 5.95 Å². The first-order valence-corrected chi connectivity index (χ1v) is 7.43. The summed E-state index contributed by atoms with van der Waals surface area (Å²) in [6.07, 6.45) is 3.58. The first kappa shape index (κ1) is 13.1. The lowest BCUT2D eigenvalue weighted by Crippen LogP contribution is -2.47. The SMILES string of the molecule is c1cnc(N2CCN(Cn3nnc4ccccc43)CC2)nc1. The van der Waals surface area contributed by atoms with Gasteiger partial charge in [0.1, 0.15) is 5.52 Å². The van der Waals surface area contributed by atoms with Crippen LogP contribution in [0.25, 0.3) is 11.0 Å². The van der Waals surface area contributed by atoms with E-state index < -0.39 is 0 Å². The normalized spacial score (nSPS) is 16.3. The summed E-state index contributed by atoms with van der Waals surface area (Å²) < 4.78 is 1.96. The Bertz CT molecular complexity index is 747. The molecule has 0 atom stereocenters. The fourth-order valence-corrected chi connectivity index (χ4v) is 2.76. The Labute approximate surface area is 128 Å². The predicted molar refractivity (Wildman–Crippen MR) is 83.3 cm³/mol. The lowest BCUT2D eigenvalue weighted by Gasteiger charge is -2.34. The molecule has 1 aliphatic heterocycles. The Hall–Kier alpha value is -2.54. The molecule has 0 amide bonds. The molecule has 0 saturated carbocycles. The summed E-state index contributed by atoms with van der Waals surface area (Å²) in [7, 11) is 0. The van der Waals surface area contributed by atoms with Crippen LogP contribution < -0.4 is 4.90 Å². The second-order valence-corrected chi connectivity index (χ2v) is 5.37. The second kappa shape index (κ2) is 5.69. The van der Waals surface area contributed by atoms with Gasteiger partial charge in [0, 0.05) is 38.6 Å². The van der Waals surface area contributed by atoms with Crippen molar-refractivity contribution >= 4 is 17.0 Å². The van der Waals surface area contributed by atoms with Crippen LogP contribution in [0, 0.1) is 0 Å². The molecule has 0 bridgehead atoms. The van der Waals surface area contributed by atoms with Crippen LogP contribution in [-0.2, 0) is 6.67 Å². The molecule has 1 fully saturated rings. The lowest BCUT2D eigenvalue weighted by atomic mass is 10.3. The first-order chi connectivity index (χ1) is 10.9. The maximum atomic E-state index is 4.31. The summed E-state index contributed by atoms with van der Waals surface area (Å²) in [4.78, 5) is 13.2. The third kappa shape index (κ3) is 2.50. The highest BCUT2D eigenvalue weighted by atomic mass is 15.5. The Balaban J connectivity index is 1.42. The van der Waals surface area contributed by atoms with Gasteiger partial charge in [-0.15, -0.1) is 5.10 Å². The van der Waals surface area contributed by atoms with E-state index in [1.165, 1.54) is 0 Å². The van der Waals surface area contributed by atoms with Crippen molar-refractivity contribution in [1.29, 1.82) is 0 Å². The Morgan fingerprint density at radius 3 is 2.50 bits per heavy atom. The Kier molecular flexibility index (Phi) is 3.40. The zero-order valence-electron chi connectivity index (χ0n) is 12.2.